The van der Waals surface area contributed by atoms with Crippen molar-refractivity contribution in [3.8, 4) is 0 Å². The van der Waals surface area contributed by atoms with Crippen LogP contribution in [0.1, 0.15) is 38.1 Å². The summed E-state index contributed by atoms with van der Waals surface area (Å²) >= 11 is 17.5. The van der Waals surface area contributed by atoms with E-state index in [9.17, 15) is 24.0 Å². The fourth-order valence-electron chi connectivity index (χ4n) is 1.92. The predicted octanol–water partition coefficient (Wildman–Crippen LogP) is 2.51. The van der Waals surface area contributed by atoms with Crippen molar-refractivity contribution in [1.82, 2.24) is 0 Å². The van der Waals surface area contributed by atoms with Crippen LogP contribution in [-0.4, -0.2) is 59.4 Å². The molecule has 0 aliphatic rings. The van der Waals surface area contributed by atoms with Crippen molar-refractivity contribution in [2.24, 2.45) is 0 Å². The molecule has 13 heteroatoms. The molecule has 0 saturated heterocycles. The number of hydrogen-bond acceptors (Lipinski definition) is 10. The molecule has 0 amide bonds. The second kappa shape index (κ2) is 12.0. The van der Waals surface area contributed by atoms with Gasteiger partial charge in [0.25, 0.3) is 0 Å². The second-order valence-corrected chi connectivity index (χ2v) is 7.62. The van der Waals surface area contributed by atoms with E-state index in [4.69, 9.17) is 49.4 Å². The average Bonchev–Trinajstić information content (AvgIpc) is 2.66. The highest BCUT2D eigenvalue weighted by atomic mass is 35.5. The van der Waals surface area contributed by atoms with Crippen LogP contribution in [0.25, 0.3) is 0 Å². The van der Waals surface area contributed by atoms with Gasteiger partial charge in [-0.3, -0.25) is 0 Å². The van der Waals surface area contributed by atoms with Crippen molar-refractivity contribution in [3.05, 3.63) is 32.8 Å². The molecule has 0 aliphatic carbocycles. The van der Waals surface area contributed by atoms with Crippen LogP contribution in [0.15, 0.2) is 12.1 Å². The molecular formula is C19H19Cl3O10. The van der Waals surface area contributed by atoms with Gasteiger partial charge in [0.15, 0.2) is 18.3 Å². The summed E-state index contributed by atoms with van der Waals surface area (Å²) in [5.41, 5.74) is -0.312. The molecule has 0 unspecified atom stereocenters. The number of esters is 5. The maximum absolute atomic E-state index is 12.2. The number of hydrogen-bond donors (Lipinski definition) is 1. The minimum absolute atomic E-state index is 0.156. The van der Waals surface area contributed by atoms with Crippen LogP contribution in [0, 0.1) is 0 Å². The van der Waals surface area contributed by atoms with Gasteiger partial charge in [-0.05, 0) is 39.8 Å². The largest absolute Gasteiger partial charge is 0.449 e. The first-order chi connectivity index (χ1) is 14.7. The van der Waals surface area contributed by atoms with E-state index in [0.717, 1.165) is 20.8 Å². The normalized spacial score (nSPS) is 14.4. The molecule has 1 N–H and O–H groups in total. The number of halogens is 3. The molecule has 1 aromatic rings. The molecule has 1 aromatic carbocycles. The quantitative estimate of drug-likeness (QED) is 0.313. The lowest BCUT2D eigenvalue weighted by molar-refractivity contribution is -0.182. The summed E-state index contributed by atoms with van der Waals surface area (Å²) in [4.78, 5) is 59.4. The highest BCUT2D eigenvalue weighted by Gasteiger charge is 2.30. The van der Waals surface area contributed by atoms with Crippen LogP contribution < -0.4 is 0 Å². The van der Waals surface area contributed by atoms with Crippen LogP contribution in [0.4, 0.5) is 0 Å². The molecule has 0 aromatic heterocycles. The molecule has 0 radical (unpaired) electrons. The lowest BCUT2D eigenvalue weighted by atomic mass is 10.2. The van der Waals surface area contributed by atoms with Crippen molar-refractivity contribution >= 4 is 64.6 Å². The van der Waals surface area contributed by atoms with E-state index in [1.165, 1.54) is 19.1 Å². The topological polar surface area (TPSA) is 143 Å². The number of aliphatic hydroxyl groups excluding tert-OH is 1. The Morgan fingerprint density at radius 3 is 1.50 bits per heavy atom. The van der Waals surface area contributed by atoms with Crippen LogP contribution in [0.3, 0.4) is 0 Å². The van der Waals surface area contributed by atoms with E-state index in [2.05, 4.69) is 9.47 Å². The third-order valence-corrected chi connectivity index (χ3v) is 4.43. The highest BCUT2D eigenvalue weighted by molar-refractivity contribution is 6.42. The molecule has 0 heterocycles. The van der Waals surface area contributed by atoms with Crippen molar-refractivity contribution in [2.75, 3.05) is 0 Å². The van der Waals surface area contributed by atoms with Gasteiger partial charge in [0.2, 0.25) is 0 Å². The fraction of sp³-hybridized carbons (Fsp3) is 0.421. The lowest BCUT2D eigenvalue weighted by Crippen LogP contribution is -2.37. The van der Waals surface area contributed by atoms with Crippen molar-refractivity contribution < 1.29 is 48.0 Å². The molecule has 10 nitrogen and oxygen atoms in total. The summed E-state index contributed by atoms with van der Waals surface area (Å²) in [6.07, 6.45) is -5.94. The second-order valence-electron chi connectivity index (χ2n) is 6.37. The van der Waals surface area contributed by atoms with Gasteiger partial charge in [0.1, 0.15) is 6.10 Å². The SMILES string of the molecule is C[C@H](O)C(=O)O[C@@H](C)C(=O)O[C@@H](C)C(=O)O[C@@H](C)C(=O)OC(=O)c1c(Cl)cc(Cl)cc1Cl. The Morgan fingerprint density at radius 1 is 0.719 bits per heavy atom. The fourth-order valence-corrected chi connectivity index (χ4v) is 2.89. The van der Waals surface area contributed by atoms with E-state index < -0.39 is 54.3 Å². The summed E-state index contributed by atoms with van der Waals surface area (Å²) in [6, 6.07) is 2.43. The number of benzene rings is 1. The third-order valence-electron chi connectivity index (χ3n) is 3.62. The third kappa shape index (κ3) is 7.94. The summed E-state index contributed by atoms with van der Waals surface area (Å²) in [5, 5.41) is 8.90. The molecular weight excluding hydrogens is 495 g/mol. The Morgan fingerprint density at radius 2 is 1.09 bits per heavy atom. The minimum Gasteiger partial charge on any atom is -0.449 e. The molecule has 0 aliphatic heterocycles. The van der Waals surface area contributed by atoms with Crippen LogP contribution in [-0.2, 0) is 38.1 Å². The first kappa shape index (κ1) is 27.6. The number of ether oxygens (including phenoxy) is 4. The zero-order valence-electron chi connectivity index (χ0n) is 17.2. The molecule has 0 spiro atoms. The summed E-state index contributed by atoms with van der Waals surface area (Å²) in [5.74, 6) is -5.75. The standard InChI is InChI=1S/C19H19Cl3O10/c1-7(23)15(24)29-8(2)16(25)30-9(3)17(26)31-10(4)18(27)32-19(28)14-12(21)5-11(20)6-13(14)22/h5-10,23H,1-4H3/t7-,8-,9-,10-/m0/s1. The monoisotopic (exact) mass is 512 g/mol. The highest BCUT2D eigenvalue weighted by Crippen LogP contribution is 2.29. The lowest BCUT2D eigenvalue weighted by Gasteiger charge is -2.18. The molecule has 1 rings (SSSR count). The maximum atomic E-state index is 12.2. The van der Waals surface area contributed by atoms with E-state index in [1.54, 1.807) is 0 Å². The van der Waals surface area contributed by atoms with Gasteiger partial charge in [0, 0.05) is 5.02 Å². The summed E-state index contributed by atoms with van der Waals surface area (Å²) in [6.45, 7) is 4.56. The first-order valence-corrected chi connectivity index (χ1v) is 10.1. The van der Waals surface area contributed by atoms with Crippen molar-refractivity contribution in [3.63, 3.8) is 0 Å². The number of carbonyl (C=O) groups is 5. The predicted molar refractivity (Wildman–Crippen MR) is 110 cm³/mol. The Balaban J connectivity index is 2.65. The molecule has 0 bridgehead atoms. The van der Waals surface area contributed by atoms with Crippen LogP contribution in [0.5, 0.6) is 0 Å². The van der Waals surface area contributed by atoms with E-state index in [-0.39, 0.29) is 20.6 Å². The average molecular weight is 514 g/mol. The molecule has 176 valence electrons. The smallest absolute Gasteiger partial charge is 0.355 e. The van der Waals surface area contributed by atoms with E-state index in [1.807, 2.05) is 0 Å². The molecule has 0 fully saturated rings. The molecule has 0 saturated carbocycles. The van der Waals surface area contributed by atoms with Crippen molar-refractivity contribution in [2.45, 2.75) is 52.1 Å². The van der Waals surface area contributed by atoms with Crippen LogP contribution >= 0.6 is 34.8 Å². The number of aliphatic hydroxyl groups is 1. The van der Waals surface area contributed by atoms with Crippen molar-refractivity contribution in [1.29, 1.82) is 0 Å². The Labute approximate surface area is 197 Å². The number of carbonyl (C=O) groups excluding carboxylic acids is 5. The van der Waals surface area contributed by atoms with Gasteiger partial charge in [-0.15, -0.1) is 0 Å². The van der Waals surface area contributed by atoms with Gasteiger partial charge in [-0.2, -0.15) is 0 Å². The van der Waals surface area contributed by atoms with Gasteiger partial charge in [0.05, 0.1) is 15.6 Å². The number of rotatable bonds is 8. The van der Waals surface area contributed by atoms with Gasteiger partial charge >= 0.3 is 29.8 Å². The maximum Gasteiger partial charge on any atom is 0.355 e. The first-order valence-electron chi connectivity index (χ1n) is 8.94. The Bertz CT molecular complexity index is 892. The summed E-state index contributed by atoms with van der Waals surface area (Å²) in [7, 11) is 0. The van der Waals surface area contributed by atoms with Gasteiger partial charge < -0.3 is 24.1 Å². The summed E-state index contributed by atoms with van der Waals surface area (Å²) < 4.78 is 18.8. The Hall–Kier alpha value is -2.40. The van der Waals surface area contributed by atoms with E-state index in [0.29, 0.717) is 0 Å². The molecule has 32 heavy (non-hydrogen) atoms. The van der Waals surface area contributed by atoms with E-state index >= 15 is 0 Å². The zero-order chi connectivity index (χ0) is 24.7. The molecule has 4 atom stereocenters. The van der Waals surface area contributed by atoms with Gasteiger partial charge in [-0.25, -0.2) is 24.0 Å². The minimum atomic E-state index is -1.57. The van der Waals surface area contributed by atoms with Gasteiger partial charge in [-0.1, -0.05) is 34.8 Å². The Kier molecular flexibility index (Phi) is 10.4. The van der Waals surface area contributed by atoms with Crippen LogP contribution in [0.2, 0.25) is 15.1 Å². The zero-order valence-corrected chi connectivity index (χ0v) is 19.5.